The van der Waals surface area contributed by atoms with Gasteiger partial charge in [0.05, 0.1) is 11.9 Å². The zero-order valence-electron chi connectivity index (χ0n) is 14.2. The summed E-state index contributed by atoms with van der Waals surface area (Å²) >= 11 is 0. The first kappa shape index (κ1) is 18.2. The molecule has 0 bridgehead atoms. The smallest absolute Gasteiger partial charge is 0.325 e. The Morgan fingerprint density at radius 3 is 2.64 bits per heavy atom. The van der Waals surface area contributed by atoms with E-state index in [4.69, 9.17) is 5.11 Å². The number of amides is 2. The van der Waals surface area contributed by atoms with Crippen molar-refractivity contribution in [1.29, 1.82) is 0 Å². The second-order valence-electron chi connectivity index (χ2n) is 5.88. The molecule has 2 rings (SSSR count). The van der Waals surface area contributed by atoms with Crippen LogP contribution >= 0.6 is 0 Å². The lowest BCUT2D eigenvalue weighted by Crippen LogP contribution is -2.30. The van der Waals surface area contributed by atoms with Crippen LogP contribution in [0.5, 0.6) is 0 Å². The molecule has 3 N–H and O–H groups in total. The van der Waals surface area contributed by atoms with E-state index in [1.807, 2.05) is 13.8 Å². The average molecular weight is 348 g/mol. The molecule has 0 radical (unpaired) electrons. The van der Waals surface area contributed by atoms with Crippen LogP contribution in [-0.2, 0) is 18.4 Å². The minimum atomic E-state index is -1.06. The Morgan fingerprint density at radius 2 is 2.00 bits per heavy atom. The summed E-state index contributed by atoms with van der Waals surface area (Å²) in [5.74, 6) is -1.68. The number of aliphatic carboxylic acids is 1. The van der Waals surface area contributed by atoms with E-state index >= 15 is 0 Å². The summed E-state index contributed by atoms with van der Waals surface area (Å²) in [6.45, 7) is 4.10. The van der Waals surface area contributed by atoms with Crippen molar-refractivity contribution in [3.05, 3.63) is 29.8 Å². The minimum Gasteiger partial charge on any atom is -0.480 e. The number of hydrogen-bond acceptors (Lipinski definition) is 5. The topological polar surface area (TPSA) is 131 Å². The molecule has 0 atom stereocenters. The minimum absolute atomic E-state index is 0.0404. The summed E-state index contributed by atoms with van der Waals surface area (Å²) in [5, 5.41) is 21.9. The maximum Gasteiger partial charge on any atom is 0.325 e. The van der Waals surface area contributed by atoms with Crippen molar-refractivity contribution in [3.8, 4) is 0 Å². The van der Waals surface area contributed by atoms with Crippen LogP contribution in [0.2, 0.25) is 0 Å². The van der Waals surface area contributed by atoms with Crippen molar-refractivity contribution in [2.75, 3.05) is 11.9 Å². The van der Waals surface area contributed by atoms with E-state index in [-0.39, 0.29) is 35.4 Å². The van der Waals surface area contributed by atoms with Crippen LogP contribution < -0.4 is 10.6 Å². The van der Waals surface area contributed by atoms with Gasteiger partial charge in [-0.05, 0) is 12.0 Å². The fraction of sp³-hybridized carbons (Fsp3) is 0.400. The number of aromatic nitrogens is 4. The Labute approximate surface area is 143 Å². The van der Waals surface area contributed by atoms with Crippen molar-refractivity contribution >= 4 is 23.5 Å². The number of nitrogens with zero attached hydrogens (tertiary/aromatic N) is 4. The van der Waals surface area contributed by atoms with E-state index in [0.29, 0.717) is 6.54 Å². The summed E-state index contributed by atoms with van der Waals surface area (Å²) in [4.78, 5) is 35.2. The van der Waals surface area contributed by atoms with Crippen molar-refractivity contribution in [3.63, 3.8) is 0 Å². The molecule has 0 aromatic carbocycles. The van der Waals surface area contributed by atoms with Crippen molar-refractivity contribution < 1.29 is 19.5 Å². The maximum atomic E-state index is 12.3. The molecular formula is C15H20N6O4. The van der Waals surface area contributed by atoms with Gasteiger partial charge >= 0.3 is 5.97 Å². The zero-order chi connectivity index (χ0) is 18.6. The monoisotopic (exact) mass is 348 g/mol. The summed E-state index contributed by atoms with van der Waals surface area (Å²) in [6.07, 6.45) is 2.76. The van der Waals surface area contributed by atoms with Gasteiger partial charge in [-0.15, -0.1) is 0 Å². The normalized spacial score (nSPS) is 10.7. The first-order chi connectivity index (χ1) is 11.8. The number of nitrogens with one attached hydrogen (secondary N) is 2. The number of carboxylic acid groups (broad SMARTS) is 1. The van der Waals surface area contributed by atoms with E-state index in [9.17, 15) is 14.4 Å². The first-order valence-corrected chi connectivity index (χ1v) is 7.64. The number of carboxylic acids is 1. The molecule has 0 aliphatic rings. The second kappa shape index (κ2) is 7.60. The van der Waals surface area contributed by atoms with Gasteiger partial charge in [-0.1, -0.05) is 13.8 Å². The molecule has 2 amide bonds. The highest BCUT2D eigenvalue weighted by Crippen LogP contribution is 2.15. The van der Waals surface area contributed by atoms with E-state index in [0.717, 1.165) is 4.68 Å². The van der Waals surface area contributed by atoms with Crippen LogP contribution in [0.15, 0.2) is 18.5 Å². The van der Waals surface area contributed by atoms with Gasteiger partial charge in [0.2, 0.25) is 0 Å². The molecule has 2 aromatic rings. The van der Waals surface area contributed by atoms with Gasteiger partial charge in [-0.25, -0.2) is 0 Å². The molecule has 0 aliphatic heterocycles. The molecule has 0 saturated carbocycles. The van der Waals surface area contributed by atoms with Crippen molar-refractivity contribution in [2.24, 2.45) is 13.0 Å². The third kappa shape index (κ3) is 4.66. The third-order valence-corrected chi connectivity index (χ3v) is 3.24. The predicted molar refractivity (Wildman–Crippen MR) is 88.2 cm³/mol. The Balaban J connectivity index is 2.12. The summed E-state index contributed by atoms with van der Waals surface area (Å²) in [5.41, 5.74) is 0.513. The first-order valence-electron chi connectivity index (χ1n) is 7.64. The van der Waals surface area contributed by atoms with Gasteiger partial charge in [0.15, 0.2) is 5.69 Å². The molecular weight excluding hydrogens is 328 g/mol. The van der Waals surface area contributed by atoms with Crippen molar-refractivity contribution in [1.82, 2.24) is 24.9 Å². The third-order valence-electron chi connectivity index (χ3n) is 3.24. The Hall–Kier alpha value is -3.17. The number of carbonyl (C=O) groups excluding carboxylic acids is 2. The quantitative estimate of drug-likeness (QED) is 0.661. The molecule has 10 heteroatoms. The van der Waals surface area contributed by atoms with Crippen LogP contribution in [0.4, 0.5) is 5.69 Å². The predicted octanol–water partition coefficient (Wildman–Crippen LogP) is 0.339. The molecule has 0 spiro atoms. The molecule has 0 fully saturated rings. The summed E-state index contributed by atoms with van der Waals surface area (Å²) in [7, 11) is 1.60. The SMILES string of the molecule is CC(C)CNC(=O)c1c(NC(=O)c2ccn(CC(=O)O)n2)cnn1C. The van der Waals surface area contributed by atoms with Gasteiger partial charge in [0.1, 0.15) is 12.2 Å². The number of aryl methyl sites for hydroxylation is 1. The highest BCUT2D eigenvalue weighted by atomic mass is 16.4. The van der Waals surface area contributed by atoms with Gasteiger partial charge in [0.25, 0.3) is 11.8 Å². The lowest BCUT2D eigenvalue weighted by Gasteiger charge is -2.10. The van der Waals surface area contributed by atoms with Crippen molar-refractivity contribution in [2.45, 2.75) is 20.4 Å². The standard InChI is InChI=1S/C15H20N6O4/c1-9(2)6-16-15(25)13-11(7-17-20(13)3)18-14(24)10-4-5-21(19-10)8-12(22)23/h4-5,7,9H,6,8H2,1-3H3,(H,16,25)(H,18,24)(H,22,23). The molecule has 2 aromatic heterocycles. The van der Waals surface area contributed by atoms with E-state index in [1.54, 1.807) is 7.05 Å². The Morgan fingerprint density at radius 1 is 1.28 bits per heavy atom. The van der Waals surface area contributed by atoms with E-state index in [2.05, 4.69) is 20.8 Å². The highest BCUT2D eigenvalue weighted by Gasteiger charge is 2.20. The molecule has 2 heterocycles. The number of anilines is 1. The zero-order valence-corrected chi connectivity index (χ0v) is 14.2. The van der Waals surface area contributed by atoms with E-state index < -0.39 is 11.9 Å². The van der Waals surface area contributed by atoms with Gasteiger partial charge < -0.3 is 15.7 Å². The number of carbonyl (C=O) groups is 3. The Kier molecular flexibility index (Phi) is 5.52. The summed E-state index contributed by atoms with van der Waals surface area (Å²) < 4.78 is 2.51. The second-order valence-corrected chi connectivity index (χ2v) is 5.88. The van der Waals surface area contributed by atoms with Crippen LogP contribution in [-0.4, -0.2) is 49.0 Å². The molecule has 25 heavy (non-hydrogen) atoms. The van der Waals surface area contributed by atoms with Gasteiger partial charge in [-0.3, -0.25) is 23.7 Å². The number of hydrogen-bond donors (Lipinski definition) is 3. The average Bonchev–Trinajstić information content (AvgIpc) is 3.11. The Bertz CT molecular complexity index is 792. The fourth-order valence-electron chi connectivity index (χ4n) is 2.07. The molecule has 0 unspecified atom stereocenters. The molecule has 0 saturated heterocycles. The van der Waals surface area contributed by atoms with Crippen LogP contribution in [0, 0.1) is 5.92 Å². The van der Waals surface area contributed by atoms with E-state index in [1.165, 1.54) is 23.1 Å². The van der Waals surface area contributed by atoms with Crippen LogP contribution in [0.1, 0.15) is 34.8 Å². The van der Waals surface area contributed by atoms with Crippen LogP contribution in [0.25, 0.3) is 0 Å². The number of rotatable bonds is 7. The lowest BCUT2D eigenvalue weighted by molar-refractivity contribution is -0.137. The van der Waals surface area contributed by atoms with Crippen LogP contribution in [0.3, 0.4) is 0 Å². The fourth-order valence-corrected chi connectivity index (χ4v) is 2.07. The lowest BCUT2D eigenvalue weighted by atomic mass is 10.2. The van der Waals surface area contributed by atoms with Gasteiger partial charge in [-0.2, -0.15) is 10.2 Å². The summed E-state index contributed by atoms with van der Waals surface area (Å²) in [6, 6.07) is 1.40. The largest absolute Gasteiger partial charge is 0.480 e. The molecule has 0 aliphatic carbocycles. The van der Waals surface area contributed by atoms with Gasteiger partial charge in [0, 0.05) is 19.8 Å². The highest BCUT2D eigenvalue weighted by molar-refractivity contribution is 6.07. The molecule has 10 nitrogen and oxygen atoms in total. The maximum absolute atomic E-state index is 12.3. The molecule has 134 valence electrons.